The summed E-state index contributed by atoms with van der Waals surface area (Å²) in [5.41, 5.74) is 2.74. The summed E-state index contributed by atoms with van der Waals surface area (Å²) in [6.45, 7) is 5.58. The van der Waals surface area contributed by atoms with E-state index in [4.69, 9.17) is 4.74 Å². The molecule has 134 valence electrons. The highest BCUT2D eigenvalue weighted by molar-refractivity contribution is 6.00. The number of ether oxygens (including phenoxy) is 1. The van der Waals surface area contributed by atoms with Gasteiger partial charge in [-0.2, -0.15) is 0 Å². The molecule has 25 heavy (non-hydrogen) atoms. The Kier molecular flexibility index (Phi) is 5.07. The predicted molar refractivity (Wildman–Crippen MR) is 94.4 cm³/mol. The molecule has 0 unspecified atom stereocenters. The summed E-state index contributed by atoms with van der Waals surface area (Å²) in [7, 11) is 0. The molecule has 0 saturated heterocycles. The molecule has 0 heterocycles. The summed E-state index contributed by atoms with van der Waals surface area (Å²) in [6.07, 6.45) is 3.21. The van der Waals surface area contributed by atoms with E-state index in [1.165, 1.54) is 0 Å². The van der Waals surface area contributed by atoms with Gasteiger partial charge in [-0.25, -0.2) is 0 Å². The number of hydrogen-bond donors (Lipinski definition) is 0. The highest BCUT2D eigenvalue weighted by Crippen LogP contribution is 2.40. The topological polar surface area (TPSA) is 60.4 Å². The Morgan fingerprint density at radius 3 is 2.32 bits per heavy atom. The van der Waals surface area contributed by atoms with Crippen molar-refractivity contribution >= 4 is 17.5 Å². The first kappa shape index (κ1) is 17.8. The molecule has 3 rings (SSSR count). The number of rotatable bonds is 4. The van der Waals surface area contributed by atoms with Crippen LogP contribution >= 0.6 is 0 Å². The summed E-state index contributed by atoms with van der Waals surface area (Å²) in [6, 6.07) is 5.52. The number of Topliss-reactive ketones (excluding diaryl/α,β-unsaturated/α-hetero) is 2. The quantitative estimate of drug-likeness (QED) is 0.616. The van der Waals surface area contributed by atoms with Crippen LogP contribution in [0, 0.1) is 31.6 Å². The highest BCUT2D eigenvalue weighted by atomic mass is 16.5. The van der Waals surface area contributed by atoms with E-state index >= 15 is 0 Å². The van der Waals surface area contributed by atoms with Crippen LogP contribution in [-0.2, 0) is 14.3 Å². The van der Waals surface area contributed by atoms with Crippen molar-refractivity contribution in [2.24, 2.45) is 17.8 Å². The molecule has 2 aliphatic carbocycles. The first-order valence-corrected chi connectivity index (χ1v) is 9.22. The Morgan fingerprint density at radius 2 is 1.72 bits per heavy atom. The fourth-order valence-electron chi connectivity index (χ4n) is 4.13. The lowest BCUT2D eigenvalue weighted by Gasteiger charge is -2.36. The molecule has 2 bridgehead atoms. The zero-order valence-electron chi connectivity index (χ0n) is 15.2. The third kappa shape index (κ3) is 3.68. The monoisotopic (exact) mass is 342 g/mol. The number of benzene rings is 1. The van der Waals surface area contributed by atoms with E-state index in [0.29, 0.717) is 24.2 Å². The third-order valence-corrected chi connectivity index (χ3v) is 5.83. The molecule has 0 N–H and O–H groups in total. The van der Waals surface area contributed by atoms with Crippen molar-refractivity contribution in [3.05, 3.63) is 34.9 Å². The summed E-state index contributed by atoms with van der Waals surface area (Å²) >= 11 is 0. The largest absolute Gasteiger partial charge is 0.454 e. The first-order chi connectivity index (χ1) is 11.9. The molecular formula is C21H26O4. The van der Waals surface area contributed by atoms with Crippen LogP contribution in [0.1, 0.15) is 60.5 Å². The molecule has 2 aliphatic rings. The molecule has 2 fully saturated rings. The molecular weight excluding hydrogens is 316 g/mol. The number of aryl methyl sites for hydroxylation is 2. The standard InChI is InChI=1S/C21H26O4/c1-12-7-8-17(9-13(12)2)19(22)14(3)25-21(24)18-10-15-5-4-6-16(11-18)20(15)23/h7-9,14-16,18H,4-6,10-11H2,1-3H3/t14-,15-,16-/m0/s1. The van der Waals surface area contributed by atoms with Gasteiger partial charge in [0.25, 0.3) is 0 Å². The molecule has 4 heteroatoms. The molecule has 0 spiro atoms. The molecule has 0 aliphatic heterocycles. The van der Waals surface area contributed by atoms with E-state index in [9.17, 15) is 14.4 Å². The van der Waals surface area contributed by atoms with Gasteiger partial charge in [-0.05, 0) is 63.6 Å². The van der Waals surface area contributed by atoms with E-state index in [1.807, 2.05) is 26.0 Å². The van der Waals surface area contributed by atoms with Crippen molar-refractivity contribution < 1.29 is 19.1 Å². The smallest absolute Gasteiger partial charge is 0.309 e. The summed E-state index contributed by atoms with van der Waals surface area (Å²) in [5, 5.41) is 0. The number of carbonyl (C=O) groups is 3. The minimum absolute atomic E-state index is 0.0100. The van der Waals surface area contributed by atoms with E-state index in [1.54, 1.807) is 13.0 Å². The van der Waals surface area contributed by atoms with Crippen LogP contribution < -0.4 is 0 Å². The minimum Gasteiger partial charge on any atom is -0.454 e. The predicted octanol–water partition coefficient (Wildman–Crippen LogP) is 3.81. The fourth-order valence-corrected chi connectivity index (χ4v) is 4.13. The summed E-state index contributed by atoms with van der Waals surface area (Å²) in [5.74, 6) is -0.401. The van der Waals surface area contributed by atoms with E-state index in [0.717, 1.165) is 30.4 Å². The molecule has 0 aromatic heterocycles. The van der Waals surface area contributed by atoms with Crippen molar-refractivity contribution in [2.75, 3.05) is 0 Å². The lowest BCUT2D eigenvalue weighted by molar-refractivity contribution is -0.155. The van der Waals surface area contributed by atoms with Gasteiger partial charge in [-0.3, -0.25) is 14.4 Å². The van der Waals surface area contributed by atoms with Crippen LogP contribution in [0.4, 0.5) is 0 Å². The van der Waals surface area contributed by atoms with Gasteiger partial charge in [-0.15, -0.1) is 0 Å². The third-order valence-electron chi connectivity index (χ3n) is 5.83. The Balaban J connectivity index is 1.63. The maximum atomic E-state index is 12.5. The molecule has 1 aromatic rings. The summed E-state index contributed by atoms with van der Waals surface area (Å²) < 4.78 is 5.48. The van der Waals surface area contributed by atoms with Crippen LogP contribution in [0.25, 0.3) is 0 Å². The van der Waals surface area contributed by atoms with E-state index in [2.05, 4.69) is 0 Å². The van der Waals surface area contributed by atoms with Gasteiger partial charge in [0.1, 0.15) is 5.78 Å². The van der Waals surface area contributed by atoms with Gasteiger partial charge in [0.05, 0.1) is 5.92 Å². The molecule has 4 nitrogen and oxygen atoms in total. The second-order valence-electron chi connectivity index (χ2n) is 7.64. The lowest BCUT2D eigenvalue weighted by atomic mass is 9.67. The molecule has 1 aromatic carbocycles. The van der Waals surface area contributed by atoms with Crippen LogP contribution in [-0.4, -0.2) is 23.6 Å². The number of hydrogen-bond acceptors (Lipinski definition) is 4. The minimum atomic E-state index is -0.799. The van der Waals surface area contributed by atoms with Crippen molar-refractivity contribution in [3.63, 3.8) is 0 Å². The zero-order chi connectivity index (χ0) is 18.1. The van der Waals surface area contributed by atoms with Gasteiger partial charge in [0, 0.05) is 17.4 Å². The fraction of sp³-hybridized carbons (Fsp3) is 0.571. The number of carbonyl (C=O) groups excluding carboxylic acids is 3. The van der Waals surface area contributed by atoms with Gasteiger partial charge in [-0.1, -0.05) is 18.6 Å². The van der Waals surface area contributed by atoms with Crippen molar-refractivity contribution in [3.8, 4) is 0 Å². The Morgan fingerprint density at radius 1 is 1.08 bits per heavy atom. The van der Waals surface area contributed by atoms with Crippen LogP contribution in [0.5, 0.6) is 0 Å². The average molecular weight is 342 g/mol. The van der Waals surface area contributed by atoms with Crippen LogP contribution in [0.3, 0.4) is 0 Å². The van der Waals surface area contributed by atoms with E-state index < -0.39 is 6.10 Å². The number of ketones is 2. The molecule has 2 saturated carbocycles. The van der Waals surface area contributed by atoms with Crippen molar-refractivity contribution in [1.29, 1.82) is 0 Å². The molecule has 0 amide bonds. The Bertz CT molecular complexity index is 690. The second kappa shape index (κ2) is 7.11. The van der Waals surface area contributed by atoms with Crippen molar-refractivity contribution in [2.45, 2.75) is 59.0 Å². The van der Waals surface area contributed by atoms with Gasteiger partial charge in [0.2, 0.25) is 5.78 Å². The number of esters is 1. The number of fused-ring (bicyclic) bond motifs is 2. The summed E-state index contributed by atoms with van der Waals surface area (Å²) in [4.78, 5) is 37.2. The highest BCUT2D eigenvalue weighted by Gasteiger charge is 2.42. The average Bonchev–Trinajstić information content (AvgIpc) is 2.56. The second-order valence-corrected chi connectivity index (χ2v) is 7.64. The van der Waals surface area contributed by atoms with Crippen LogP contribution in [0.2, 0.25) is 0 Å². The van der Waals surface area contributed by atoms with E-state index in [-0.39, 0.29) is 29.5 Å². The van der Waals surface area contributed by atoms with Crippen LogP contribution in [0.15, 0.2) is 18.2 Å². The maximum absolute atomic E-state index is 12.5. The van der Waals surface area contributed by atoms with Gasteiger partial charge >= 0.3 is 5.97 Å². The van der Waals surface area contributed by atoms with Gasteiger partial charge in [0.15, 0.2) is 6.10 Å². The SMILES string of the molecule is Cc1ccc(C(=O)[C@H](C)OC(=O)C2C[C@@H]3CCC[C@@H](C2)C3=O)cc1C. The first-order valence-electron chi connectivity index (χ1n) is 9.22. The lowest BCUT2D eigenvalue weighted by Crippen LogP contribution is -2.40. The molecule has 3 atom stereocenters. The van der Waals surface area contributed by atoms with Gasteiger partial charge < -0.3 is 4.74 Å². The Hall–Kier alpha value is -1.97. The Labute approximate surface area is 148 Å². The van der Waals surface area contributed by atoms with Crippen molar-refractivity contribution in [1.82, 2.24) is 0 Å². The molecule has 0 radical (unpaired) electrons. The zero-order valence-corrected chi connectivity index (χ0v) is 15.2. The maximum Gasteiger partial charge on any atom is 0.309 e. The normalized spacial score (nSPS) is 26.8.